The van der Waals surface area contributed by atoms with Gasteiger partial charge < -0.3 is 43.4 Å². The van der Waals surface area contributed by atoms with E-state index in [1.165, 1.54) is 18.7 Å². The molecule has 0 aliphatic heterocycles. The molecule has 13 nitrogen and oxygen atoms in total. The fourth-order valence-corrected chi connectivity index (χ4v) is 3.35. The van der Waals surface area contributed by atoms with Crippen molar-refractivity contribution in [2.75, 3.05) is 18.6 Å². The number of carboxylic acid groups (broad SMARTS) is 1. The number of nitrogens with one attached hydrogen (secondary N) is 3. The Balaban J connectivity index is 5.30. The zero-order valence-electron chi connectivity index (χ0n) is 19.6. The van der Waals surface area contributed by atoms with Gasteiger partial charge in [0.2, 0.25) is 23.6 Å². The van der Waals surface area contributed by atoms with Crippen molar-refractivity contribution in [3.63, 3.8) is 0 Å². The molecule has 0 spiro atoms. The molecule has 0 aromatic heterocycles. The first-order valence-corrected chi connectivity index (χ1v) is 12.4. The number of carbonyl (C=O) groups is 5. The maximum Gasteiger partial charge on any atom is 0.326 e. The number of primary amides is 1. The number of rotatable bonds is 18. The maximum absolute atomic E-state index is 12.9. The predicted molar refractivity (Wildman–Crippen MR) is 127 cm³/mol. The summed E-state index contributed by atoms with van der Waals surface area (Å²) in [6.07, 6.45) is 1.73. The molecule has 34 heavy (non-hydrogen) atoms. The van der Waals surface area contributed by atoms with Gasteiger partial charge >= 0.3 is 5.97 Å². The van der Waals surface area contributed by atoms with Crippen LogP contribution < -0.4 is 33.2 Å². The highest BCUT2D eigenvalue weighted by molar-refractivity contribution is 7.98. The lowest BCUT2D eigenvalue weighted by Gasteiger charge is -2.26. The van der Waals surface area contributed by atoms with Crippen LogP contribution in [-0.4, -0.2) is 88.6 Å². The van der Waals surface area contributed by atoms with Crippen LogP contribution in [0.15, 0.2) is 0 Å². The first kappa shape index (κ1) is 31.6. The molecule has 11 N–H and O–H groups in total. The molecule has 14 heteroatoms. The number of hydrogen-bond acceptors (Lipinski definition) is 9. The third-order valence-electron chi connectivity index (χ3n) is 4.91. The molecular weight excluding hydrogens is 468 g/mol. The number of aliphatic hydroxyl groups is 1. The molecule has 0 saturated heterocycles. The number of thioether (sulfide) groups is 1. The predicted octanol–water partition coefficient (Wildman–Crippen LogP) is -2.62. The summed E-state index contributed by atoms with van der Waals surface area (Å²) >= 11 is 1.42. The molecule has 0 aliphatic carbocycles. The Bertz CT molecular complexity index is 694. The van der Waals surface area contributed by atoms with Crippen LogP contribution in [0.3, 0.4) is 0 Å². The van der Waals surface area contributed by atoms with Crippen LogP contribution in [-0.2, 0) is 24.0 Å². The summed E-state index contributed by atoms with van der Waals surface area (Å²) in [6.45, 7) is 1.64. The summed E-state index contributed by atoms with van der Waals surface area (Å²) in [6, 6.07) is -4.82. The van der Waals surface area contributed by atoms with E-state index in [0.29, 0.717) is 25.1 Å². The summed E-state index contributed by atoms with van der Waals surface area (Å²) in [5, 5.41) is 26.6. The van der Waals surface area contributed by atoms with E-state index in [0.717, 1.165) is 0 Å². The second kappa shape index (κ2) is 17.1. The maximum atomic E-state index is 12.9. The molecular formula is C20H38N6O7S. The molecule has 0 aromatic carbocycles. The van der Waals surface area contributed by atoms with Crippen molar-refractivity contribution in [2.45, 2.75) is 75.7 Å². The van der Waals surface area contributed by atoms with Gasteiger partial charge in [-0.15, -0.1) is 0 Å². The minimum absolute atomic E-state index is 0.00251. The fraction of sp³-hybridized carbons (Fsp3) is 0.750. The monoisotopic (exact) mass is 506 g/mol. The lowest BCUT2D eigenvalue weighted by Crippen LogP contribution is -2.59. The van der Waals surface area contributed by atoms with Gasteiger partial charge in [0.15, 0.2) is 0 Å². The minimum Gasteiger partial charge on any atom is -0.480 e. The summed E-state index contributed by atoms with van der Waals surface area (Å²) in [4.78, 5) is 60.2. The third-order valence-corrected chi connectivity index (χ3v) is 5.55. The Kier molecular flexibility index (Phi) is 15.9. The smallest absolute Gasteiger partial charge is 0.326 e. The van der Waals surface area contributed by atoms with Crippen molar-refractivity contribution in [1.82, 2.24) is 16.0 Å². The molecule has 5 atom stereocenters. The number of carbonyl (C=O) groups excluding carboxylic acids is 4. The molecule has 0 fully saturated rings. The van der Waals surface area contributed by atoms with Crippen molar-refractivity contribution in [2.24, 2.45) is 17.2 Å². The van der Waals surface area contributed by atoms with Gasteiger partial charge in [-0.25, -0.2) is 4.79 Å². The van der Waals surface area contributed by atoms with Crippen LogP contribution in [0, 0.1) is 0 Å². The van der Waals surface area contributed by atoms with E-state index in [9.17, 15) is 34.2 Å². The van der Waals surface area contributed by atoms with E-state index < -0.39 is 59.9 Å². The van der Waals surface area contributed by atoms with Crippen molar-refractivity contribution >= 4 is 41.4 Å². The SMILES string of the molecule is CSCCC(NC(=O)C(N)CCC(N)=O)C(=O)NC(C(=O)NC(CCCCN)C(=O)O)C(C)O. The van der Waals surface area contributed by atoms with Crippen molar-refractivity contribution < 1.29 is 34.2 Å². The Morgan fingerprint density at radius 3 is 2.03 bits per heavy atom. The van der Waals surface area contributed by atoms with Gasteiger partial charge in [0.05, 0.1) is 12.1 Å². The zero-order valence-corrected chi connectivity index (χ0v) is 20.4. The van der Waals surface area contributed by atoms with Crippen LogP contribution in [0.2, 0.25) is 0 Å². The molecule has 196 valence electrons. The molecule has 4 amide bonds. The van der Waals surface area contributed by atoms with E-state index >= 15 is 0 Å². The van der Waals surface area contributed by atoms with E-state index in [1.54, 1.807) is 6.26 Å². The molecule has 0 aromatic rings. The lowest BCUT2D eigenvalue weighted by molar-refractivity contribution is -0.143. The molecule has 0 saturated carbocycles. The number of aliphatic hydroxyl groups excluding tert-OH is 1. The van der Waals surface area contributed by atoms with Crippen LogP contribution in [0.5, 0.6) is 0 Å². The van der Waals surface area contributed by atoms with Crippen molar-refractivity contribution in [3.05, 3.63) is 0 Å². The second-order valence-corrected chi connectivity index (χ2v) is 8.85. The average molecular weight is 507 g/mol. The van der Waals surface area contributed by atoms with Gasteiger partial charge in [0.25, 0.3) is 0 Å². The summed E-state index contributed by atoms with van der Waals surface area (Å²) in [7, 11) is 0. The fourth-order valence-electron chi connectivity index (χ4n) is 2.88. The van der Waals surface area contributed by atoms with E-state index in [-0.39, 0.29) is 25.7 Å². The highest BCUT2D eigenvalue weighted by Gasteiger charge is 2.32. The number of carboxylic acids is 1. The normalized spacial score (nSPS) is 15.3. The van der Waals surface area contributed by atoms with Crippen LogP contribution in [0.1, 0.15) is 45.4 Å². The Labute approximate surface area is 203 Å². The molecule has 0 radical (unpaired) electrons. The molecule has 0 aliphatic rings. The standard InChI is InChI=1S/C20H38N6O7S/c1-11(27)16(19(31)25-14(20(32)33)5-3-4-9-21)26-18(30)13(8-10-34-2)24-17(29)12(22)6-7-15(23)28/h11-14,16,27H,3-10,21-22H2,1-2H3,(H2,23,28)(H,24,29)(H,25,31)(H,26,30)(H,32,33). The third kappa shape index (κ3) is 12.7. The summed E-state index contributed by atoms with van der Waals surface area (Å²) < 4.78 is 0. The molecule has 0 heterocycles. The van der Waals surface area contributed by atoms with Crippen LogP contribution in [0.4, 0.5) is 0 Å². The Morgan fingerprint density at radius 2 is 1.53 bits per heavy atom. The number of amides is 4. The number of nitrogens with two attached hydrogens (primary N) is 3. The largest absolute Gasteiger partial charge is 0.480 e. The minimum atomic E-state index is -1.46. The van der Waals surface area contributed by atoms with Gasteiger partial charge in [-0.2, -0.15) is 11.8 Å². The Morgan fingerprint density at radius 1 is 0.912 bits per heavy atom. The van der Waals surface area contributed by atoms with Crippen molar-refractivity contribution in [1.29, 1.82) is 0 Å². The quantitative estimate of drug-likeness (QED) is 0.0900. The zero-order chi connectivity index (χ0) is 26.3. The van der Waals surface area contributed by atoms with Gasteiger partial charge in [0.1, 0.15) is 18.1 Å². The van der Waals surface area contributed by atoms with Gasteiger partial charge in [-0.05, 0) is 57.6 Å². The molecule has 5 unspecified atom stereocenters. The summed E-state index contributed by atoms with van der Waals surface area (Å²) in [5.41, 5.74) is 16.2. The number of unbranched alkanes of at least 4 members (excludes halogenated alkanes) is 1. The molecule has 0 bridgehead atoms. The van der Waals surface area contributed by atoms with Crippen LogP contribution >= 0.6 is 11.8 Å². The van der Waals surface area contributed by atoms with E-state index in [4.69, 9.17) is 17.2 Å². The topological polar surface area (TPSA) is 240 Å². The number of hydrogen-bond donors (Lipinski definition) is 8. The average Bonchev–Trinajstić information content (AvgIpc) is 2.76. The van der Waals surface area contributed by atoms with E-state index in [2.05, 4.69) is 16.0 Å². The highest BCUT2D eigenvalue weighted by atomic mass is 32.2. The van der Waals surface area contributed by atoms with Gasteiger partial charge in [-0.3, -0.25) is 19.2 Å². The summed E-state index contributed by atoms with van der Waals surface area (Å²) in [5.74, 6) is -3.68. The lowest BCUT2D eigenvalue weighted by atomic mass is 10.1. The number of aliphatic carboxylic acids is 1. The second-order valence-electron chi connectivity index (χ2n) is 7.86. The molecule has 0 rings (SSSR count). The van der Waals surface area contributed by atoms with Crippen LogP contribution in [0.25, 0.3) is 0 Å². The van der Waals surface area contributed by atoms with Crippen molar-refractivity contribution in [3.8, 4) is 0 Å². The van der Waals surface area contributed by atoms with E-state index in [1.807, 2.05) is 0 Å². The Hall–Kier alpha value is -2.42. The highest BCUT2D eigenvalue weighted by Crippen LogP contribution is 2.06. The first-order chi connectivity index (χ1) is 15.9. The first-order valence-electron chi connectivity index (χ1n) is 11.0. The van der Waals surface area contributed by atoms with Gasteiger partial charge in [-0.1, -0.05) is 0 Å². The van der Waals surface area contributed by atoms with Gasteiger partial charge in [0, 0.05) is 6.42 Å².